The summed E-state index contributed by atoms with van der Waals surface area (Å²) in [4.78, 5) is 9.42. The Balaban J connectivity index is 1.87. The fraction of sp³-hybridized carbons (Fsp3) is 0.643. The highest BCUT2D eigenvalue weighted by atomic mass is 35.5. The summed E-state index contributed by atoms with van der Waals surface area (Å²) in [5.74, 6) is 1.05. The second-order valence-corrected chi connectivity index (χ2v) is 6.02. The van der Waals surface area contributed by atoms with Crippen LogP contribution in [0.25, 0.3) is 0 Å². The molecule has 3 rings (SSSR count). The highest BCUT2D eigenvalue weighted by Crippen LogP contribution is 2.28. The van der Waals surface area contributed by atoms with Crippen LogP contribution in [0.5, 0.6) is 0 Å². The minimum Gasteiger partial charge on any atom is -0.374 e. The predicted molar refractivity (Wildman–Crippen MR) is 76.7 cm³/mol. The Morgan fingerprint density at radius 3 is 3.05 bits per heavy atom. The minimum absolute atomic E-state index is 0.395. The molecule has 4 nitrogen and oxygen atoms in total. The monoisotopic (exact) mass is 281 g/mol. The number of piperazine rings is 1. The van der Waals surface area contributed by atoms with Crippen LogP contribution >= 0.6 is 11.6 Å². The van der Waals surface area contributed by atoms with E-state index in [0.29, 0.717) is 23.7 Å². The molecule has 1 fully saturated rings. The number of halogens is 1. The van der Waals surface area contributed by atoms with Crippen molar-refractivity contribution in [3.8, 4) is 0 Å². The van der Waals surface area contributed by atoms with Gasteiger partial charge in [-0.1, -0.05) is 11.6 Å². The van der Waals surface area contributed by atoms with Crippen LogP contribution < -0.4 is 4.90 Å². The molecule has 0 amide bonds. The Kier molecular flexibility index (Phi) is 3.65. The van der Waals surface area contributed by atoms with Crippen molar-refractivity contribution in [2.75, 3.05) is 31.1 Å². The van der Waals surface area contributed by atoms with Crippen molar-refractivity contribution in [1.29, 1.82) is 0 Å². The van der Waals surface area contributed by atoms with Gasteiger partial charge in [0.05, 0.1) is 24.3 Å². The van der Waals surface area contributed by atoms with Crippen LogP contribution in [0.15, 0.2) is 12.3 Å². The van der Waals surface area contributed by atoms with E-state index in [9.17, 15) is 0 Å². The molecule has 0 N–H and O–H groups in total. The van der Waals surface area contributed by atoms with Gasteiger partial charge in [0.15, 0.2) is 0 Å². The molecule has 0 radical (unpaired) electrons. The minimum atomic E-state index is 0.395. The molecule has 1 atom stereocenters. The van der Waals surface area contributed by atoms with E-state index in [2.05, 4.69) is 28.6 Å². The lowest BCUT2D eigenvalue weighted by atomic mass is 10.1. The quantitative estimate of drug-likeness (QED) is 0.789. The smallest absolute Gasteiger partial charge is 0.134 e. The van der Waals surface area contributed by atoms with E-state index in [1.54, 1.807) is 6.20 Å². The van der Waals surface area contributed by atoms with E-state index < -0.39 is 0 Å². The number of hydrogen-bond donors (Lipinski definition) is 0. The molecule has 2 aliphatic rings. The summed E-state index contributed by atoms with van der Waals surface area (Å²) in [5, 5.41) is 0.682. The van der Waals surface area contributed by atoms with Gasteiger partial charge in [-0.25, -0.2) is 4.98 Å². The van der Waals surface area contributed by atoms with Crippen LogP contribution in [-0.4, -0.2) is 48.2 Å². The third-order valence-electron chi connectivity index (χ3n) is 3.99. The first kappa shape index (κ1) is 13.2. The number of ether oxygens (including phenoxy) is 1. The molecular weight excluding hydrogens is 262 g/mol. The number of hydrogen-bond acceptors (Lipinski definition) is 4. The maximum absolute atomic E-state index is 6.03. The molecule has 19 heavy (non-hydrogen) atoms. The molecule has 0 saturated carbocycles. The average Bonchev–Trinajstić information content (AvgIpc) is 2.56. The topological polar surface area (TPSA) is 28.6 Å². The van der Waals surface area contributed by atoms with Gasteiger partial charge in [-0.15, -0.1) is 0 Å². The lowest BCUT2D eigenvalue weighted by Gasteiger charge is -2.42. The van der Waals surface area contributed by atoms with Crippen molar-refractivity contribution in [3.63, 3.8) is 0 Å². The third-order valence-corrected chi connectivity index (χ3v) is 4.20. The lowest BCUT2D eigenvalue weighted by Crippen LogP contribution is -2.56. The first-order valence-corrected chi connectivity index (χ1v) is 7.26. The summed E-state index contributed by atoms with van der Waals surface area (Å²) in [5.41, 5.74) is 1.10. The molecule has 0 unspecified atom stereocenters. The van der Waals surface area contributed by atoms with Crippen LogP contribution in [-0.2, 0) is 11.3 Å². The van der Waals surface area contributed by atoms with Gasteiger partial charge in [0.1, 0.15) is 5.82 Å². The van der Waals surface area contributed by atoms with Gasteiger partial charge >= 0.3 is 0 Å². The number of pyridine rings is 1. The highest BCUT2D eigenvalue weighted by molar-refractivity contribution is 6.30. The van der Waals surface area contributed by atoms with Crippen LogP contribution in [0, 0.1) is 0 Å². The van der Waals surface area contributed by atoms with Gasteiger partial charge < -0.3 is 9.64 Å². The third kappa shape index (κ3) is 2.57. The van der Waals surface area contributed by atoms with Crippen LogP contribution in [0.2, 0.25) is 5.02 Å². The second kappa shape index (κ2) is 5.27. The van der Waals surface area contributed by atoms with Crippen molar-refractivity contribution in [3.05, 3.63) is 22.8 Å². The van der Waals surface area contributed by atoms with E-state index in [4.69, 9.17) is 16.3 Å². The molecule has 1 aromatic rings. The maximum Gasteiger partial charge on any atom is 0.134 e. The predicted octanol–water partition coefficient (Wildman–Crippen LogP) is 2.16. The summed E-state index contributed by atoms with van der Waals surface area (Å²) in [6.45, 7) is 9.00. The van der Waals surface area contributed by atoms with Crippen molar-refractivity contribution in [2.45, 2.75) is 32.5 Å². The number of fused-ring (bicyclic) bond motifs is 3. The van der Waals surface area contributed by atoms with E-state index in [1.165, 1.54) is 0 Å². The number of anilines is 1. The molecule has 0 spiro atoms. The summed E-state index contributed by atoms with van der Waals surface area (Å²) >= 11 is 6.03. The fourth-order valence-corrected chi connectivity index (χ4v) is 3.09. The van der Waals surface area contributed by atoms with Crippen LogP contribution in [0.1, 0.15) is 19.4 Å². The van der Waals surface area contributed by atoms with Gasteiger partial charge in [-0.2, -0.15) is 0 Å². The summed E-state index contributed by atoms with van der Waals surface area (Å²) < 4.78 is 5.81. The van der Waals surface area contributed by atoms with Gasteiger partial charge in [-0.3, -0.25) is 4.90 Å². The second-order valence-electron chi connectivity index (χ2n) is 5.59. The molecule has 2 aliphatic heterocycles. The van der Waals surface area contributed by atoms with Gasteiger partial charge in [0, 0.05) is 37.4 Å². The largest absolute Gasteiger partial charge is 0.374 e. The zero-order valence-corrected chi connectivity index (χ0v) is 12.2. The fourth-order valence-electron chi connectivity index (χ4n) is 2.91. The molecule has 0 bridgehead atoms. The number of rotatable bonds is 1. The lowest BCUT2D eigenvalue weighted by molar-refractivity contribution is 0.0836. The Morgan fingerprint density at radius 2 is 2.26 bits per heavy atom. The van der Waals surface area contributed by atoms with Crippen molar-refractivity contribution in [1.82, 2.24) is 9.88 Å². The molecule has 104 valence electrons. The molecule has 0 aromatic carbocycles. The highest BCUT2D eigenvalue weighted by Gasteiger charge is 2.32. The van der Waals surface area contributed by atoms with Gasteiger partial charge in [0.25, 0.3) is 0 Å². The van der Waals surface area contributed by atoms with Crippen molar-refractivity contribution >= 4 is 17.4 Å². The standard InChI is InChI=1S/C14H20ClN3O/c1-10(2)17-3-4-18-13(7-17)9-19-8-11-5-12(15)6-16-14(11)18/h5-6,10,13H,3-4,7-9H2,1-2H3/t13-/m0/s1. The van der Waals surface area contributed by atoms with E-state index in [1.807, 2.05) is 6.07 Å². The molecule has 1 aromatic heterocycles. The summed E-state index contributed by atoms with van der Waals surface area (Å²) in [6, 6.07) is 2.95. The molecule has 1 saturated heterocycles. The SMILES string of the molecule is CC(C)N1CCN2c3ncc(Cl)cc3COC[C@@H]2C1. The average molecular weight is 282 g/mol. The normalized spacial score (nSPS) is 24.0. The molecular formula is C14H20ClN3O. The number of aromatic nitrogens is 1. The van der Waals surface area contributed by atoms with Crippen LogP contribution in [0.4, 0.5) is 5.82 Å². The van der Waals surface area contributed by atoms with Gasteiger partial charge in [-0.05, 0) is 19.9 Å². The maximum atomic E-state index is 6.03. The van der Waals surface area contributed by atoms with E-state index in [0.717, 1.165) is 37.6 Å². The number of nitrogens with zero attached hydrogens (tertiary/aromatic N) is 3. The summed E-state index contributed by atoms with van der Waals surface area (Å²) in [6.07, 6.45) is 1.73. The Morgan fingerprint density at radius 1 is 1.42 bits per heavy atom. The zero-order valence-electron chi connectivity index (χ0n) is 11.5. The van der Waals surface area contributed by atoms with E-state index >= 15 is 0 Å². The Bertz CT molecular complexity index is 466. The van der Waals surface area contributed by atoms with Crippen LogP contribution in [0.3, 0.4) is 0 Å². The first-order chi connectivity index (χ1) is 9.15. The summed E-state index contributed by atoms with van der Waals surface area (Å²) in [7, 11) is 0. The Hall–Kier alpha value is -0.840. The first-order valence-electron chi connectivity index (χ1n) is 6.88. The van der Waals surface area contributed by atoms with Gasteiger partial charge in [0.2, 0.25) is 0 Å². The van der Waals surface area contributed by atoms with Crippen molar-refractivity contribution in [2.24, 2.45) is 0 Å². The van der Waals surface area contributed by atoms with E-state index in [-0.39, 0.29) is 0 Å². The Labute approximate surface area is 119 Å². The zero-order chi connectivity index (χ0) is 13.4. The van der Waals surface area contributed by atoms with Crippen molar-refractivity contribution < 1.29 is 4.74 Å². The molecule has 0 aliphatic carbocycles. The molecule has 3 heterocycles. The molecule has 5 heteroatoms.